The summed E-state index contributed by atoms with van der Waals surface area (Å²) in [6, 6.07) is 13.3. The highest BCUT2D eigenvalue weighted by atomic mass is 35.5. The summed E-state index contributed by atoms with van der Waals surface area (Å²) < 4.78 is 5.45. The first kappa shape index (κ1) is 24.1. The minimum absolute atomic E-state index is 0.00910. The number of hydrogen-bond donors (Lipinski definition) is 1. The Kier molecular flexibility index (Phi) is 8.13. The molecule has 6 nitrogen and oxygen atoms in total. The van der Waals surface area contributed by atoms with E-state index in [1.165, 1.54) is 0 Å². The van der Waals surface area contributed by atoms with Crippen molar-refractivity contribution in [2.75, 3.05) is 19.6 Å². The topological polar surface area (TPSA) is 71.5 Å². The maximum atomic E-state index is 12.8. The van der Waals surface area contributed by atoms with Gasteiger partial charge in [0.05, 0.1) is 0 Å². The molecule has 1 aromatic heterocycles. The molecular weight excluding hydrogens is 426 g/mol. The van der Waals surface area contributed by atoms with Gasteiger partial charge in [0.2, 0.25) is 5.91 Å². The van der Waals surface area contributed by atoms with Crippen LogP contribution < -0.4 is 5.32 Å². The van der Waals surface area contributed by atoms with E-state index >= 15 is 0 Å². The van der Waals surface area contributed by atoms with Crippen molar-refractivity contribution in [3.05, 3.63) is 64.9 Å². The van der Waals surface area contributed by atoms with Crippen molar-refractivity contribution >= 4 is 23.6 Å². The van der Waals surface area contributed by atoms with E-state index in [1.807, 2.05) is 63.2 Å². The number of piperidine rings is 1. The SMILES string of the molecule is CC(C)(C)OC(=O)N1CCC(CNC(=O)CC(c2ccc(Cl)cc2)c2ccccn2)CC1. The summed E-state index contributed by atoms with van der Waals surface area (Å²) in [4.78, 5) is 31.2. The molecule has 3 rings (SSSR count). The molecule has 1 saturated heterocycles. The summed E-state index contributed by atoms with van der Waals surface area (Å²) in [6.07, 6.45) is 3.49. The van der Waals surface area contributed by atoms with Crippen LogP contribution in [0.1, 0.15) is 57.2 Å². The molecule has 1 atom stereocenters. The highest BCUT2D eigenvalue weighted by Crippen LogP contribution is 2.28. The molecule has 2 aromatic rings. The number of hydrogen-bond acceptors (Lipinski definition) is 4. The molecule has 1 aliphatic rings. The lowest BCUT2D eigenvalue weighted by Crippen LogP contribution is -2.43. The van der Waals surface area contributed by atoms with Gasteiger partial charge in [-0.05, 0) is 69.4 Å². The number of benzene rings is 1. The highest BCUT2D eigenvalue weighted by molar-refractivity contribution is 6.30. The summed E-state index contributed by atoms with van der Waals surface area (Å²) in [7, 11) is 0. The standard InChI is InChI=1S/C25H32ClN3O3/c1-25(2,3)32-24(31)29-14-11-18(12-15-29)17-28-23(30)16-21(22-6-4-5-13-27-22)19-7-9-20(26)10-8-19/h4-10,13,18,21H,11-12,14-17H2,1-3H3,(H,28,30). The van der Waals surface area contributed by atoms with Crippen LogP contribution in [0.4, 0.5) is 4.79 Å². The molecule has 172 valence electrons. The minimum atomic E-state index is -0.490. The third-order valence-corrected chi connectivity index (χ3v) is 5.81. The van der Waals surface area contributed by atoms with Crippen LogP contribution >= 0.6 is 11.6 Å². The normalized spacial score (nSPS) is 15.8. The average molecular weight is 458 g/mol. The van der Waals surface area contributed by atoms with E-state index in [2.05, 4.69) is 10.3 Å². The van der Waals surface area contributed by atoms with Crippen molar-refractivity contribution < 1.29 is 14.3 Å². The van der Waals surface area contributed by atoms with Crippen molar-refractivity contribution in [1.29, 1.82) is 0 Å². The van der Waals surface area contributed by atoms with Crippen LogP contribution in [0.2, 0.25) is 5.02 Å². The second-order valence-corrected chi connectivity index (χ2v) is 9.71. The molecule has 7 heteroatoms. The first-order valence-corrected chi connectivity index (χ1v) is 11.5. The van der Waals surface area contributed by atoms with Gasteiger partial charge in [-0.2, -0.15) is 0 Å². The lowest BCUT2D eigenvalue weighted by Gasteiger charge is -2.33. The number of aromatic nitrogens is 1. The van der Waals surface area contributed by atoms with Gasteiger partial charge in [-0.25, -0.2) is 4.79 Å². The van der Waals surface area contributed by atoms with Crippen molar-refractivity contribution in [3.63, 3.8) is 0 Å². The Morgan fingerprint density at radius 2 is 1.84 bits per heavy atom. The van der Waals surface area contributed by atoms with E-state index in [4.69, 9.17) is 16.3 Å². The van der Waals surface area contributed by atoms with Crippen LogP contribution in [0.15, 0.2) is 48.7 Å². The zero-order valence-corrected chi connectivity index (χ0v) is 19.8. The zero-order valence-electron chi connectivity index (χ0n) is 19.0. The molecular formula is C25H32ClN3O3. The van der Waals surface area contributed by atoms with Crippen LogP contribution in [-0.4, -0.2) is 47.1 Å². The molecule has 0 spiro atoms. The predicted molar refractivity (Wildman–Crippen MR) is 126 cm³/mol. The zero-order chi connectivity index (χ0) is 23.1. The van der Waals surface area contributed by atoms with Gasteiger partial charge in [0.25, 0.3) is 0 Å². The second kappa shape index (κ2) is 10.8. The number of amides is 2. The molecule has 1 aliphatic heterocycles. The molecule has 0 radical (unpaired) electrons. The lowest BCUT2D eigenvalue weighted by molar-refractivity contribution is -0.121. The van der Waals surface area contributed by atoms with Crippen molar-refractivity contribution in [1.82, 2.24) is 15.2 Å². The second-order valence-electron chi connectivity index (χ2n) is 9.28. The van der Waals surface area contributed by atoms with Crippen LogP contribution in [0.3, 0.4) is 0 Å². The third kappa shape index (κ3) is 7.23. The number of ether oxygens (including phenoxy) is 1. The molecule has 2 heterocycles. The van der Waals surface area contributed by atoms with Gasteiger partial charge >= 0.3 is 6.09 Å². The lowest BCUT2D eigenvalue weighted by atomic mass is 9.91. The van der Waals surface area contributed by atoms with Crippen LogP contribution in [0.5, 0.6) is 0 Å². The molecule has 0 bridgehead atoms. The highest BCUT2D eigenvalue weighted by Gasteiger charge is 2.27. The van der Waals surface area contributed by atoms with Gasteiger partial charge in [0, 0.05) is 48.9 Å². The van der Waals surface area contributed by atoms with Gasteiger partial charge in [-0.1, -0.05) is 29.8 Å². The number of carbonyl (C=O) groups excluding carboxylic acids is 2. The van der Waals surface area contributed by atoms with E-state index in [-0.39, 0.29) is 17.9 Å². The number of nitrogens with zero attached hydrogens (tertiary/aromatic N) is 2. The van der Waals surface area contributed by atoms with E-state index < -0.39 is 5.60 Å². The molecule has 1 N–H and O–H groups in total. The Bertz CT molecular complexity index is 889. The minimum Gasteiger partial charge on any atom is -0.444 e. The number of carbonyl (C=O) groups is 2. The summed E-state index contributed by atoms with van der Waals surface area (Å²) in [6.45, 7) is 7.52. The number of pyridine rings is 1. The molecule has 2 amide bonds. The van der Waals surface area contributed by atoms with Gasteiger partial charge in [0.15, 0.2) is 0 Å². The fourth-order valence-corrected chi connectivity index (χ4v) is 3.96. The van der Waals surface area contributed by atoms with E-state index in [1.54, 1.807) is 11.1 Å². The molecule has 1 aromatic carbocycles. The van der Waals surface area contributed by atoms with Crippen molar-refractivity contribution in [2.24, 2.45) is 5.92 Å². The van der Waals surface area contributed by atoms with E-state index in [0.717, 1.165) is 24.1 Å². The third-order valence-electron chi connectivity index (χ3n) is 5.56. The molecule has 1 unspecified atom stereocenters. The Balaban J connectivity index is 1.52. The number of likely N-dealkylation sites (tertiary alicyclic amines) is 1. The maximum Gasteiger partial charge on any atom is 0.410 e. The molecule has 0 aliphatic carbocycles. The Hall–Kier alpha value is -2.60. The molecule has 32 heavy (non-hydrogen) atoms. The van der Waals surface area contributed by atoms with E-state index in [0.29, 0.717) is 37.0 Å². The summed E-state index contributed by atoms with van der Waals surface area (Å²) in [5.74, 6) is 0.203. The Morgan fingerprint density at radius 3 is 2.44 bits per heavy atom. The van der Waals surface area contributed by atoms with Crippen molar-refractivity contribution in [3.8, 4) is 0 Å². The monoisotopic (exact) mass is 457 g/mol. The average Bonchev–Trinajstić information content (AvgIpc) is 2.76. The van der Waals surface area contributed by atoms with Gasteiger partial charge < -0.3 is 15.0 Å². The molecule has 1 fully saturated rings. The van der Waals surface area contributed by atoms with Crippen LogP contribution in [0, 0.1) is 5.92 Å². The Morgan fingerprint density at radius 1 is 1.16 bits per heavy atom. The van der Waals surface area contributed by atoms with Crippen LogP contribution in [0.25, 0.3) is 0 Å². The number of rotatable bonds is 6. The smallest absolute Gasteiger partial charge is 0.410 e. The van der Waals surface area contributed by atoms with E-state index in [9.17, 15) is 9.59 Å². The van der Waals surface area contributed by atoms with Crippen molar-refractivity contribution in [2.45, 2.75) is 51.6 Å². The fraction of sp³-hybridized carbons (Fsp3) is 0.480. The Labute approximate surface area is 195 Å². The van der Waals surface area contributed by atoms with Gasteiger partial charge in [-0.15, -0.1) is 0 Å². The molecule has 0 saturated carbocycles. The van der Waals surface area contributed by atoms with Crippen LogP contribution in [-0.2, 0) is 9.53 Å². The van der Waals surface area contributed by atoms with Gasteiger partial charge in [-0.3, -0.25) is 9.78 Å². The summed E-state index contributed by atoms with van der Waals surface area (Å²) in [5.41, 5.74) is 1.38. The quantitative estimate of drug-likeness (QED) is 0.661. The largest absolute Gasteiger partial charge is 0.444 e. The fourth-order valence-electron chi connectivity index (χ4n) is 3.83. The number of nitrogens with one attached hydrogen (secondary N) is 1. The number of halogens is 1. The summed E-state index contributed by atoms with van der Waals surface area (Å²) in [5, 5.41) is 3.75. The predicted octanol–water partition coefficient (Wildman–Crippen LogP) is 5.02. The van der Waals surface area contributed by atoms with Gasteiger partial charge in [0.1, 0.15) is 5.60 Å². The first-order chi connectivity index (χ1) is 15.2. The summed E-state index contributed by atoms with van der Waals surface area (Å²) >= 11 is 6.04. The first-order valence-electron chi connectivity index (χ1n) is 11.1. The maximum absolute atomic E-state index is 12.8.